The van der Waals surface area contributed by atoms with Gasteiger partial charge in [-0.05, 0) is 44.2 Å². The minimum absolute atomic E-state index is 0.279. The van der Waals surface area contributed by atoms with E-state index in [9.17, 15) is 5.11 Å². The van der Waals surface area contributed by atoms with Gasteiger partial charge in [-0.3, -0.25) is 0 Å². The minimum atomic E-state index is -0.279. The Balaban J connectivity index is 2.89. The van der Waals surface area contributed by atoms with Gasteiger partial charge in [0.2, 0.25) is 0 Å². The zero-order valence-electron chi connectivity index (χ0n) is 8.87. The van der Waals surface area contributed by atoms with Crippen LogP contribution >= 0.6 is 11.8 Å². The van der Waals surface area contributed by atoms with Gasteiger partial charge in [0.25, 0.3) is 0 Å². The maximum Gasteiger partial charge on any atom is 0.119 e. The number of nitrogens with two attached hydrogens (primary N) is 1. The highest BCUT2D eigenvalue weighted by atomic mass is 32.2. The van der Waals surface area contributed by atoms with Crippen molar-refractivity contribution in [3.63, 3.8) is 0 Å². The standard InChI is InChI=1S/C11H17NOS/c1-11(2,12)7-8-4-5-9(14-3)6-10(8)13/h4-6,13H,7,12H2,1-3H3. The van der Waals surface area contributed by atoms with E-state index in [1.54, 1.807) is 17.8 Å². The van der Waals surface area contributed by atoms with Gasteiger partial charge in [0, 0.05) is 10.4 Å². The first kappa shape index (κ1) is 11.4. The van der Waals surface area contributed by atoms with E-state index in [1.165, 1.54) is 0 Å². The van der Waals surface area contributed by atoms with Gasteiger partial charge < -0.3 is 10.8 Å². The molecule has 0 radical (unpaired) electrons. The second kappa shape index (κ2) is 4.24. The van der Waals surface area contributed by atoms with E-state index < -0.39 is 0 Å². The molecule has 0 aliphatic carbocycles. The summed E-state index contributed by atoms with van der Waals surface area (Å²) in [5, 5.41) is 9.72. The number of rotatable bonds is 3. The molecule has 2 nitrogen and oxygen atoms in total. The monoisotopic (exact) mass is 211 g/mol. The number of benzene rings is 1. The lowest BCUT2D eigenvalue weighted by molar-refractivity contribution is 0.448. The third kappa shape index (κ3) is 3.24. The van der Waals surface area contributed by atoms with Crippen molar-refractivity contribution in [2.45, 2.75) is 30.7 Å². The lowest BCUT2D eigenvalue weighted by Gasteiger charge is -2.19. The molecule has 14 heavy (non-hydrogen) atoms. The molecule has 1 aromatic rings. The van der Waals surface area contributed by atoms with Crippen LogP contribution in [0.15, 0.2) is 23.1 Å². The fraction of sp³-hybridized carbons (Fsp3) is 0.455. The van der Waals surface area contributed by atoms with Crippen LogP contribution in [0.2, 0.25) is 0 Å². The first-order valence-electron chi connectivity index (χ1n) is 4.57. The van der Waals surface area contributed by atoms with Crippen molar-refractivity contribution in [3.8, 4) is 5.75 Å². The molecule has 0 atom stereocenters. The van der Waals surface area contributed by atoms with Gasteiger partial charge in [-0.2, -0.15) is 0 Å². The summed E-state index contributed by atoms with van der Waals surface area (Å²) >= 11 is 1.62. The summed E-state index contributed by atoms with van der Waals surface area (Å²) in [5.74, 6) is 0.343. The van der Waals surface area contributed by atoms with Crippen molar-refractivity contribution in [2.24, 2.45) is 5.73 Å². The number of hydrogen-bond donors (Lipinski definition) is 2. The third-order valence-corrected chi connectivity index (χ3v) is 2.66. The molecule has 3 N–H and O–H groups in total. The summed E-state index contributed by atoms with van der Waals surface area (Å²) in [6, 6.07) is 5.73. The highest BCUT2D eigenvalue weighted by Crippen LogP contribution is 2.26. The van der Waals surface area contributed by atoms with Crippen LogP contribution in [-0.2, 0) is 6.42 Å². The number of phenols is 1. The van der Waals surface area contributed by atoms with E-state index in [2.05, 4.69) is 0 Å². The first-order chi connectivity index (χ1) is 6.42. The fourth-order valence-electron chi connectivity index (χ4n) is 1.31. The average molecular weight is 211 g/mol. The number of hydrogen-bond acceptors (Lipinski definition) is 3. The van der Waals surface area contributed by atoms with E-state index in [0.717, 1.165) is 10.5 Å². The zero-order chi connectivity index (χ0) is 10.8. The molecule has 0 unspecified atom stereocenters. The van der Waals surface area contributed by atoms with Crippen LogP contribution in [0.4, 0.5) is 0 Å². The molecule has 0 saturated carbocycles. The van der Waals surface area contributed by atoms with Gasteiger partial charge >= 0.3 is 0 Å². The van der Waals surface area contributed by atoms with Crippen molar-refractivity contribution in [2.75, 3.05) is 6.26 Å². The van der Waals surface area contributed by atoms with E-state index in [1.807, 2.05) is 32.2 Å². The molecule has 0 fully saturated rings. The molecule has 0 spiro atoms. The molecule has 78 valence electrons. The molecule has 3 heteroatoms. The van der Waals surface area contributed by atoms with Crippen molar-refractivity contribution in [1.82, 2.24) is 0 Å². The predicted octanol–water partition coefficient (Wildman–Crippen LogP) is 2.39. The quantitative estimate of drug-likeness (QED) is 0.755. The Morgan fingerprint density at radius 2 is 2.07 bits per heavy atom. The van der Waals surface area contributed by atoms with Gasteiger partial charge in [-0.15, -0.1) is 11.8 Å². The van der Waals surface area contributed by atoms with Crippen molar-refractivity contribution in [1.29, 1.82) is 0 Å². The van der Waals surface area contributed by atoms with E-state index >= 15 is 0 Å². The lowest BCUT2D eigenvalue weighted by atomic mass is 9.96. The van der Waals surface area contributed by atoms with Crippen LogP contribution in [-0.4, -0.2) is 16.9 Å². The number of phenolic OH excluding ortho intramolecular Hbond substituents is 1. The largest absolute Gasteiger partial charge is 0.508 e. The summed E-state index contributed by atoms with van der Waals surface area (Å²) in [4.78, 5) is 1.07. The average Bonchev–Trinajstić information content (AvgIpc) is 2.06. The van der Waals surface area contributed by atoms with E-state index in [4.69, 9.17) is 5.73 Å². The Kier molecular flexibility index (Phi) is 3.45. The molecule has 0 bridgehead atoms. The Labute approximate surface area is 89.5 Å². The summed E-state index contributed by atoms with van der Waals surface area (Å²) in [7, 11) is 0. The zero-order valence-corrected chi connectivity index (χ0v) is 9.69. The van der Waals surface area contributed by atoms with Gasteiger partial charge in [-0.1, -0.05) is 6.07 Å². The third-order valence-electron chi connectivity index (χ3n) is 1.94. The lowest BCUT2D eigenvalue weighted by Crippen LogP contribution is -2.34. The Bertz CT molecular complexity index is 318. The maximum absolute atomic E-state index is 9.72. The molecule has 0 aliphatic rings. The van der Waals surface area contributed by atoms with Crippen LogP contribution in [0.25, 0.3) is 0 Å². The van der Waals surface area contributed by atoms with Crippen molar-refractivity contribution >= 4 is 11.8 Å². The molecule has 1 rings (SSSR count). The Morgan fingerprint density at radius 3 is 2.50 bits per heavy atom. The van der Waals surface area contributed by atoms with Crippen LogP contribution in [0, 0.1) is 0 Å². The second-order valence-corrected chi connectivity index (χ2v) is 5.04. The number of thioether (sulfide) groups is 1. The van der Waals surface area contributed by atoms with Crippen LogP contribution in [0.1, 0.15) is 19.4 Å². The smallest absolute Gasteiger partial charge is 0.119 e. The van der Waals surface area contributed by atoms with Crippen LogP contribution < -0.4 is 5.73 Å². The molecular formula is C11H17NOS. The molecular weight excluding hydrogens is 194 g/mol. The molecule has 0 heterocycles. The topological polar surface area (TPSA) is 46.2 Å². The predicted molar refractivity (Wildman–Crippen MR) is 61.9 cm³/mol. The molecule has 1 aromatic carbocycles. The SMILES string of the molecule is CSc1ccc(CC(C)(C)N)c(O)c1. The first-order valence-corrected chi connectivity index (χ1v) is 5.79. The van der Waals surface area contributed by atoms with Gasteiger partial charge in [0.15, 0.2) is 0 Å². The van der Waals surface area contributed by atoms with Gasteiger partial charge in [0.05, 0.1) is 0 Å². The Morgan fingerprint density at radius 1 is 1.43 bits per heavy atom. The number of aromatic hydroxyl groups is 1. The van der Waals surface area contributed by atoms with Crippen molar-refractivity contribution in [3.05, 3.63) is 23.8 Å². The molecule has 0 aromatic heterocycles. The Hall–Kier alpha value is -0.670. The summed E-state index contributed by atoms with van der Waals surface area (Å²) in [5.41, 5.74) is 6.52. The van der Waals surface area contributed by atoms with E-state index in [0.29, 0.717) is 12.2 Å². The minimum Gasteiger partial charge on any atom is -0.508 e. The van der Waals surface area contributed by atoms with Gasteiger partial charge in [0.1, 0.15) is 5.75 Å². The molecule has 0 saturated heterocycles. The molecule has 0 amide bonds. The molecule has 0 aliphatic heterocycles. The van der Waals surface area contributed by atoms with Crippen LogP contribution in [0.3, 0.4) is 0 Å². The summed E-state index contributed by atoms with van der Waals surface area (Å²) in [6.45, 7) is 3.91. The fourth-order valence-corrected chi connectivity index (χ4v) is 1.74. The highest BCUT2D eigenvalue weighted by molar-refractivity contribution is 7.98. The van der Waals surface area contributed by atoms with E-state index in [-0.39, 0.29) is 5.54 Å². The second-order valence-electron chi connectivity index (χ2n) is 4.16. The normalized spacial score (nSPS) is 11.7. The van der Waals surface area contributed by atoms with Crippen LogP contribution in [0.5, 0.6) is 5.75 Å². The maximum atomic E-state index is 9.72. The van der Waals surface area contributed by atoms with Gasteiger partial charge in [-0.25, -0.2) is 0 Å². The highest BCUT2D eigenvalue weighted by Gasteiger charge is 2.14. The van der Waals surface area contributed by atoms with Crippen molar-refractivity contribution < 1.29 is 5.11 Å². The summed E-state index contributed by atoms with van der Waals surface area (Å²) < 4.78 is 0. The summed E-state index contributed by atoms with van der Waals surface area (Å²) in [6.07, 6.45) is 2.68.